The second-order valence-corrected chi connectivity index (χ2v) is 4.48. The van der Waals surface area contributed by atoms with Gasteiger partial charge in [-0.2, -0.15) is 5.10 Å². The van der Waals surface area contributed by atoms with Gasteiger partial charge in [-0.25, -0.2) is 0 Å². The van der Waals surface area contributed by atoms with E-state index in [2.05, 4.69) is 17.2 Å². The summed E-state index contributed by atoms with van der Waals surface area (Å²) >= 11 is 0. The topological polar surface area (TPSA) is 43.8 Å². The van der Waals surface area contributed by atoms with Crippen LogP contribution in [0.3, 0.4) is 0 Å². The Morgan fingerprint density at radius 3 is 2.56 bits per heavy atom. The van der Waals surface area contributed by atoms with Crippen molar-refractivity contribution in [1.29, 1.82) is 0 Å². The Kier molecular flexibility index (Phi) is 2.79. The van der Waals surface area contributed by atoms with Gasteiger partial charge in [-0.05, 0) is 18.9 Å². The van der Waals surface area contributed by atoms with Gasteiger partial charge in [0.2, 0.25) is 0 Å². The first-order valence-corrected chi connectivity index (χ1v) is 5.40. The van der Waals surface area contributed by atoms with Crippen LogP contribution in [0.5, 0.6) is 0 Å². The van der Waals surface area contributed by atoms with Crippen molar-refractivity contribution in [3.8, 4) is 0 Å². The van der Waals surface area contributed by atoms with Crippen molar-refractivity contribution in [2.45, 2.75) is 18.9 Å². The van der Waals surface area contributed by atoms with Gasteiger partial charge in [-0.1, -0.05) is 30.3 Å². The highest BCUT2D eigenvalue weighted by atomic mass is 15.2. The monoisotopic (exact) mass is 215 g/mol. The molecule has 0 aliphatic heterocycles. The highest BCUT2D eigenvalue weighted by molar-refractivity contribution is 5.23. The van der Waals surface area contributed by atoms with E-state index >= 15 is 0 Å². The number of benzene rings is 1. The molecule has 84 valence electrons. The fraction of sp³-hybridized carbons (Fsp3) is 0.308. The van der Waals surface area contributed by atoms with Crippen LogP contribution in [0.2, 0.25) is 0 Å². The average molecular weight is 215 g/mol. The summed E-state index contributed by atoms with van der Waals surface area (Å²) in [7, 11) is 1.90. The molecule has 2 N–H and O–H groups in total. The molecule has 1 heterocycles. The quantitative estimate of drug-likeness (QED) is 0.849. The molecular weight excluding hydrogens is 198 g/mol. The number of hydrogen-bond acceptors (Lipinski definition) is 2. The van der Waals surface area contributed by atoms with E-state index in [1.165, 1.54) is 5.56 Å². The van der Waals surface area contributed by atoms with Gasteiger partial charge >= 0.3 is 0 Å². The molecule has 1 aromatic heterocycles. The molecule has 3 heteroatoms. The zero-order chi connectivity index (χ0) is 11.6. The van der Waals surface area contributed by atoms with Crippen molar-refractivity contribution in [2.75, 3.05) is 0 Å². The van der Waals surface area contributed by atoms with E-state index in [9.17, 15) is 0 Å². The molecule has 0 radical (unpaired) electrons. The van der Waals surface area contributed by atoms with Crippen LogP contribution >= 0.6 is 0 Å². The van der Waals surface area contributed by atoms with E-state index in [0.29, 0.717) is 0 Å². The molecule has 0 bridgehead atoms. The lowest BCUT2D eigenvalue weighted by Gasteiger charge is -2.23. The largest absolute Gasteiger partial charge is 0.321 e. The van der Waals surface area contributed by atoms with Crippen LogP contribution in [0, 0.1) is 0 Å². The molecule has 2 aromatic rings. The predicted octanol–water partition coefficient (Wildman–Crippen LogP) is 1.84. The Bertz CT molecular complexity index is 457. The normalized spacial score (nSPS) is 14.7. The lowest BCUT2D eigenvalue weighted by molar-refractivity contribution is 0.491. The first-order chi connectivity index (χ1) is 7.58. The van der Waals surface area contributed by atoms with Crippen molar-refractivity contribution in [3.63, 3.8) is 0 Å². The Hall–Kier alpha value is -1.61. The minimum atomic E-state index is -0.365. The third kappa shape index (κ3) is 2.31. The molecule has 2 rings (SSSR count). The van der Waals surface area contributed by atoms with Gasteiger partial charge in [-0.15, -0.1) is 0 Å². The second kappa shape index (κ2) is 4.10. The first-order valence-electron chi connectivity index (χ1n) is 5.40. The molecule has 0 fully saturated rings. The lowest BCUT2D eigenvalue weighted by Crippen LogP contribution is -2.35. The van der Waals surface area contributed by atoms with Gasteiger partial charge < -0.3 is 5.73 Å². The zero-order valence-electron chi connectivity index (χ0n) is 9.72. The second-order valence-electron chi connectivity index (χ2n) is 4.48. The molecule has 1 aromatic carbocycles. The SMILES string of the molecule is Cn1cc(C(C)(N)Cc2ccccc2)cn1. The number of rotatable bonds is 3. The summed E-state index contributed by atoms with van der Waals surface area (Å²) in [6.45, 7) is 2.04. The fourth-order valence-corrected chi connectivity index (χ4v) is 1.84. The van der Waals surface area contributed by atoms with Crippen molar-refractivity contribution < 1.29 is 0 Å². The number of hydrogen-bond donors (Lipinski definition) is 1. The van der Waals surface area contributed by atoms with E-state index in [4.69, 9.17) is 5.73 Å². The number of aromatic nitrogens is 2. The third-order valence-corrected chi connectivity index (χ3v) is 2.78. The summed E-state index contributed by atoms with van der Waals surface area (Å²) in [6, 6.07) is 10.3. The molecule has 3 nitrogen and oxygen atoms in total. The Labute approximate surface area is 95.9 Å². The maximum absolute atomic E-state index is 6.33. The summed E-state index contributed by atoms with van der Waals surface area (Å²) in [5, 5.41) is 4.16. The Balaban J connectivity index is 2.20. The molecule has 0 saturated heterocycles. The maximum atomic E-state index is 6.33. The van der Waals surface area contributed by atoms with Gasteiger partial charge in [0.15, 0.2) is 0 Å². The van der Waals surface area contributed by atoms with Gasteiger partial charge in [0.25, 0.3) is 0 Å². The number of nitrogens with two attached hydrogens (primary N) is 1. The number of nitrogens with zero attached hydrogens (tertiary/aromatic N) is 2. The Morgan fingerprint density at radius 2 is 2.00 bits per heavy atom. The first kappa shape index (κ1) is 10.9. The van der Waals surface area contributed by atoms with Crippen LogP contribution < -0.4 is 5.73 Å². The number of aryl methyl sites for hydroxylation is 1. The van der Waals surface area contributed by atoms with Crippen molar-refractivity contribution in [1.82, 2.24) is 9.78 Å². The standard InChI is InChI=1S/C13H17N3/c1-13(14,12-9-15-16(2)10-12)8-11-6-4-3-5-7-11/h3-7,9-10H,8,14H2,1-2H3. The van der Waals surface area contributed by atoms with E-state index in [-0.39, 0.29) is 5.54 Å². The van der Waals surface area contributed by atoms with Crippen molar-refractivity contribution in [3.05, 3.63) is 53.9 Å². The smallest absolute Gasteiger partial charge is 0.0540 e. The van der Waals surface area contributed by atoms with Crippen molar-refractivity contribution >= 4 is 0 Å². The minimum absolute atomic E-state index is 0.365. The van der Waals surface area contributed by atoms with Gasteiger partial charge in [0.05, 0.1) is 6.20 Å². The van der Waals surface area contributed by atoms with Crippen LogP contribution in [0.25, 0.3) is 0 Å². The van der Waals surface area contributed by atoms with Crippen LogP contribution in [-0.2, 0) is 19.0 Å². The molecule has 16 heavy (non-hydrogen) atoms. The van der Waals surface area contributed by atoms with Crippen LogP contribution in [-0.4, -0.2) is 9.78 Å². The Morgan fingerprint density at radius 1 is 1.31 bits per heavy atom. The van der Waals surface area contributed by atoms with Crippen LogP contribution in [0.15, 0.2) is 42.7 Å². The maximum Gasteiger partial charge on any atom is 0.0540 e. The summed E-state index contributed by atoms with van der Waals surface area (Å²) in [5.74, 6) is 0. The summed E-state index contributed by atoms with van der Waals surface area (Å²) < 4.78 is 1.78. The van der Waals surface area contributed by atoms with Crippen LogP contribution in [0.4, 0.5) is 0 Å². The third-order valence-electron chi connectivity index (χ3n) is 2.78. The van der Waals surface area contributed by atoms with E-state index in [0.717, 1.165) is 12.0 Å². The molecule has 1 unspecified atom stereocenters. The van der Waals surface area contributed by atoms with Gasteiger partial charge in [-0.3, -0.25) is 4.68 Å². The zero-order valence-corrected chi connectivity index (χ0v) is 9.72. The summed E-state index contributed by atoms with van der Waals surface area (Å²) in [4.78, 5) is 0. The van der Waals surface area contributed by atoms with Gasteiger partial charge in [0, 0.05) is 24.3 Å². The van der Waals surface area contributed by atoms with E-state index < -0.39 is 0 Å². The lowest BCUT2D eigenvalue weighted by atomic mass is 9.89. The van der Waals surface area contributed by atoms with Crippen LogP contribution in [0.1, 0.15) is 18.1 Å². The highest BCUT2D eigenvalue weighted by Gasteiger charge is 2.22. The van der Waals surface area contributed by atoms with E-state index in [1.54, 1.807) is 4.68 Å². The van der Waals surface area contributed by atoms with E-state index in [1.807, 2.05) is 44.6 Å². The molecule has 0 spiro atoms. The summed E-state index contributed by atoms with van der Waals surface area (Å²) in [6.07, 6.45) is 4.63. The average Bonchev–Trinajstić information content (AvgIpc) is 2.66. The highest BCUT2D eigenvalue weighted by Crippen LogP contribution is 2.21. The molecule has 0 aliphatic carbocycles. The molecule has 1 atom stereocenters. The molecular formula is C13H17N3. The van der Waals surface area contributed by atoms with Crippen molar-refractivity contribution in [2.24, 2.45) is 12.8 Å². The summed E-state index contributed by atoms with van der Waals surface area (Å²) in [5.41, 5.74) is 8.28. The molecule has 0 amide bonds. The minimum Gasteiger partial charge on any atom is -0.321 e. The van der Waals surface area contributed by atoms with Gasteiger partial charge in [0.1, 0.15) is 0 Å². The molecule has 0 saturated carbocycles. The molecule has 0 aliphatic rings. The fourth-order valence-electron chi connectivity index (χ4n) is 1.84. The predicted molar refractivity (Wildman–Crippen MR) is 64.9 cm³/mol.